The van der Waals surface area contributed by atoms with Crippen LogP contribution in [0.15, 0.2) is 0 Å². The molecule has 0 radical (unpaired) electrons. The van der Waals surface area contributed by atoms with Crippen molar-refractivity contribution in [3.8, 4) is 0 Å². The Kier molecular flexibility index (Phi) is 22.1. The second-order valence-corrected chi connectivity index (χ2v) is 21.1. The maximum atomic E-state index is 6.70. The van der Waals surface area contributed by atoms with Crippen molar-refractivity contribution in [2.45, 2.75) is 150 Å². The van der Waals surface area contributed by atoms with Gasteiger partial charge in [-0.3, -0.25) is 0 Å². The van der Waals surface area contributed by atoms with Gasteiger partial charge in [0.1, 0.15) is 0 Å². The van der Waals surface area contributed by atoms with E-state index in [4.69, 9.17) is 3.07 Å². The third kappa shape index (κ3) is 19.8. The minimum atomic E-state index is -2.28. The molecule has 2 heteroatoms. The fraction of sp³-hybridized carbons (Fsp3) is 1.00. The van der Waals surface area contributed by atoms with Crippen LogP contribution in [-0.2, 0) is 3.07 Å². The molecule has 0 aromatic rings. The summed E-state index contributed by atoms with van der Waals surface area (Å²) >= 11 is -2.28. The van der Waals surface area contributed by atoms with E-state index in [-0.39, 0.29) is 0 Å². The van der Waals surface area contributed by atoms with Gasteiger partial charge in [-0.05, 0) is 0 Å². The van der Waals surface area contributed by atoms with E-state index in [9.17, 15) is 0 Å². The molecular formula is C25H54OSn. The van der Waals surface area contributed by atoms with Gasteiger partial charge in [0.05, 0.1) is 0 Å². The molecule has 0 aromatic heterocycles. The molecule has 0 saturated heterocycles. The third-order valence-electron chi connectivity index (χ3n) is 6.07. The fourth-order valence-electron chi connectivity index (χ4n) is 4.03. The molecule has 0 aliphatic heterocycles. The second kappa shape index (κ2) is 21.5. The first kappa shape index (κ1) is 27.8. The molecule has 0 fully saturated rings. The van der Waals surface area contributed by atoms with Crippen LogP contribution in [0.3, 0.4) is 0 Å². The van der Waals surface area contributed by atoms with Crippen LogP contribution in [0.4, 0.5) is 0 Å². The van der Waals surface area contributed by atoms with Gasteiger partial charge in [0, 0.05) is 0 Å². The van der Waals surface area contributed by atoms with Crippen LogP contribution in [0.2, 0.25) is 13.8 Å². The van der Waals surface area contributed by atoms with E-state index in [1.807, 2.05) is 0 Å². The van der Waals surface area contributed by atoms with E-state index < -0.39 is 18.8 Å². The van der Waals surface area contributed by atoms with Crippen molar-refractivity contribution in [2.24, 2.45) is 0 Å². The van der Waals surface area contributed by atoms with E-state index in [1.165, 1.54) is 124 Å². The molecular weight excluding hydrogens is 435 g/mol. The molecule has 0 saturated carbocycles. The quantitative estimate of drug-likeness (QED) is 0.109. The van der Waals surface area contributed by atoms with Crippen molar-refractivity contribution in [3.63, 3.8) is 0 Å². The molecule has 0 N–H and O–H groups in total. The van der Waals surface area contributed by atoms with Crippen LogP contribution in [0.1, 0.15) is 136 Å². The molecule has 0 aliphatic carbocycles. The first-order valence-corrected chi connectivity index (χ1v) is 20.9. The minimum absolute atomic E-state index is 1.07. The third-order valence-corrected chi connectivity index (χ3v) is 16.7. The Bertz CT molecular complexity index is 263. The first-order chi connectivity index (χ1) is 13.2. The van der Waals surface area contributed by atoms with Crippen LogP contribution in [-0.4, -0.2) is 25.4 Å². The van der Waals surface area contributed by atoms with Crippen LogP contribution in [0, 0.1) is 0 Å². The Labute approximate surface area is 178 Å². The molecule has 0 rings (SSSR count). The van der Waals surface area contributed by atoms with Crippen LogP contribution >= 0.6 is 0 Å². The summed E-state index contributed by atoms with van der Waals surface area (Å²) < 4.78 is 9.66. The summed E-state index contributed by atoms with van der Waals surface area (Å²) in [6, 6.07) is 0. The van der Waals surface area contributed by atoms with Gasteiger partial charge in [0.15, 0.2) is 0 Å². The molecule has 1 nitrogen and oxygen atoms in total. The monoisotopic (exact) mass is 490 g/mol. The molecule has 0 heterocycles. The van der Waals surface area contributed by atoms with Crippen molar-refractivity contribution in [1.29, 1.82) is 0 Å². The topological polar surface area (TPSA) is 9.23 Å². The summed E-state index contributed by atoms with van der Waals surface area (Å²) in [6.07, 6.45) is 25.4. The first-order valence-electron chi connectivity index (χ1n) is 12.8. The van der Waals surface area contributed by atoms with Crippen molar-refractivity contribution < 1.29 is 3.07 Å². The van der Waals surface area contributed by atoms with E-state index in [0.717, 1.165) is 6.61 Å². The summed E-state index contributed by atoms with van der Waals surface area (Å²) in [5.74, 6) is 0. The summed E-state index contributed by atoms with van der Waals surface area (Å²) in [4.78, 5) is 2.61. The Hall–Kier alpha value is 0.759. The van der Waals surface area contributed by atoms with Crippen molar-refractivity contribution in [3.05, 3.63) is 0 Å². The predicted octanol–water partition coefficient (Wildman–Crippen LogP) is 9.66. The number of hydrogen-bond acceptors (Lipinski definition) is 1. The summed E-state index contributed by atoms with van der Waals surface area (Å²) in [5, 5.41) is 0. The molecule has 0 bridgehead atoms. The Balaban J connectivity index is 4.02. The maximum absolute atomic E-state index is 6.70. The zero-order valence-corrected chi connectivity index (χ0v) is 22.6. The predicted molar refractivity (Wildman–Crippen MR) is 127 cm³/mol. The molecule has 0 unspecified atom stereocenters. The van der Waals surface area contributed by atoms with Gasteiger partial charge in [0.25, 0.3) is 0 Å². The van der Waals surface area contributed by atoms with Crippen LogP contribution < -0.4 is 0 Å². The second-order valence-electron chi connectivity index (χ2n) is 9.10. The Morgan fingerprint density at radius 1 is 0.444 bits per heavy atom. The van der Waals surface area contributed by atoms with Crippen LogP contribution in [0.25, 0.3) is 0 Å². The van der Waals surface area contributed by atoms with Gasteiger partial charge in [-0.1, -0.05) is 0 Å². The van der Waals surface area contributed by atoms with Gasteiger partial charge < -0.3 is 0 Å². The van der Waals surface area contributed by atoms with E-state index in [0.29, 0.717) is 0 Å². The number of hydrogen-bond donors (Lipinski definition) is 0. The number of unbranched alkanes of at least 4 members (excludes halogenated alkanes) is 15. The Morgan fingerprint density at radius 2 is 0.778 bits per heavy atom. The fourth-order valence-corrected chi connectivity index (χ4v) is 13.1. The van der Waals surface area contributed by atoms with Crippen LogP contribution in [0.5, 0.6) is 0 Å². The van der Waals surface area contributed by atoms with E-state index >= 15 is 0 Å². The average Bonchev–Trinajstić information content (AvgIpc) is 2.67. The normalized spacial score (nSPS) is 12.0. The molecule has 0 aliphatic rings. The summed E-state index contributed by atoms with van der Waals surface area (Å²) in [7, 11) is 0. The van der Waals surface area contributed by atoms with Gasteiger partial charge in [-0.25, -0.2) is 0 Å². The SMILES string of the molecule is CCCCCCCC[O][Sn]([CH3])([CH2]CCCCCCC)[CH2]CCCCCCC. The Morgan fingerprint density at radius 3 is 1.19 bits per heavy atom. The standard InChI is InChI=1S/C8H17O.2C8H17.CH3.Sn/c1-2-3-4-5-6-7-8-9;2*1-3-5-7-8-6-4-2;;/h2-8H2,1H3;2*1,3-8H2,2H3;1H3;/q-1;;;;+1. The zero-order valence-electron chi connectivity index (χ0n) is 19.8. The van der Waals surface area contributed by atoms with Crippen molar-refractivity contribution in [1.82, 2.24) is 0 Å². The van der Waals surface area contributed by atoms with E-state index in [2.05, 4.69) is 25.7 Å². The summed E-state index contributed by atoms with van der Waals surface area (Å²) in [6.45, 7) is 7.99. The van der Waals surface area contributed by atoms with E-state index in [1.54, 1.807) is 0 Å². The summed E-state index contributed by atoms with van der Waals surface area (Å²) in [5.41, 5.74) is 0. The molecule has 27 heavy (non-hydrogen) atoms. The van der Waals surface area contributed by atoms with Gasteiger partial charge in [0.2, 0.25) is 0 Å². The molecule has 0 aromatic carbocycles. The molecule has 0 spiro atoms. The number of rotatable bonds is 22. The molecule has 0 amide bonds. The van der Waals surface area contributed by atoms with Gasteiger partial charge >= 0.3 is 179 Å². The molecule has 164 valence electrons. The van der Waals surface area contributed by atoms with Gasteiger partial charge in [-0.2, -0.15) is 0 Å². The van der Waals surface area contributed by atoms with Crippen molar-refractivity contribution >= 4 is 18.8 Å². The zero-order chi connectivity index (χ0) is 20.1. The average molecular weight is 489 g/mol. The van der Waals surface area contributed by atoms with Crippen molar-refractivity contribution in [2.75, 3.05) is 6.61 Å². The molecule has 0 atom stereocenters. The van der Waals surface area contributed by atoms with Gasteiger partial charge in [-0.15, -0.1) is 0 Å².